The fourth-order valence-corrected chi connectivity index (χ4v) is 3.98. The highest BCUT2D eigenvalue weighted by molar-refractivity contribution is 9.10. The maximum absolute atomic E-state index is 11.6. The topological polar surface area (TPSA) is 85.5 Å². The van der Waals surface area contributed by atoms with Crippen LogP contribution in [0.25, 0.3) is 6.08 Å². The van der Waals surface area contributed by atoms with Crippen LogP contribution in [0.1, 0.15) is 23.9 Å². The van der Waals surface area contributed by atoms with Gasteiger partial charge < -0.3 is 14.3 Å². The molecule has 1 N–H and O–H groups in total. The largest absolute Gasteiger partial charge is 0.488 e. The zero-order chi connectivity index (χ0) is 21.7. The summed E-state index contributed by atoms with van der Waals surface area (Å²) < 4.78 is 11.9. The normalized spacial score (nSPS) is 11.5. The lowest BCUT2D eigenvalue weighted by Crippen LogP contribution is -1.98. The maximum Gasteiger partial charge on any atom is 0.342 e. The fraction of sp³-hybridized carbons (Fsp3) is 0.150. The van der Waals surface area contributed by atoms with Crippen molar-refractivity contribution in [2.45, 2.75) is 25.2 Å². The Labute approximate surface area is 195 Å². The Morgan fingerprint density at radius 2 is 2.07 bits per heavy atom. The van der Waals surface area contributed by atoms with Gasteiger partial charge in [-0.2, -0.15) is 0 Å². The summed E-state index contributed by atoms with van der Waals surface area (Å²) in [4.78, 5) is 11.7. The molecule has 0 aliphatic carbocycles. The van der Waals surface area contributed by atoms with Gasteiger partial charge in [-0.1, -0.05) is 42.3 Å². The number of halogens is 3. The molecule has 0 fully saturated rings. The summed E-state index contributed by atoms with van der Waals surface area (Å²) in [6, 6.07) is 10.4. The Morgan fingerprint density at radius 1 is 1.27 bits per heavy atom. The Hall–Kier alpha value is -2.00. The summed E-state index contributed by atoms with van der Waals surface area (Å²) >= 11 is 16.4. The number of aryl methyl sites for hydroxylation is 1. The number of benzene rings is 2. The average Bonchev–Trinajstić information content (AvgIpc) is 3.15. The van der Waals surface area contributed by atoms with E-state index in [0.29, 0.717) is 38.1 Å². The second-order valence-corrected chi connectivity index (χ2v) is 8.64. The minimum Gasteiger partial charge on any atom is -0.488 e. The van der Waals surface area contributed by atoms with Crippen molar-refractivity contribution in [2.24, 2.45) is 0 Å². The van der Waals surface area contributed by atoms with E-state index in [9.17, 15) is 9.90 Å². The molecule has 0 radical (unpaired) electrons. The lowest BCUT2D eigenvalue weighted by Gasteiger charge is -2.10. The van der Waals surface area contributed by atoms with Gasteiger partial charge in [-0.05, 0) is 63.6 Å². The number of thioether (sulfide) groups is 1. The third-order valence-electron chi connectivity index (χ3n) is 3.81. The highest BCUT2D eigenvalue weighted by atomic mass is 79.9. The molecule has 0 atom stereocenters. The number of hydrogen-bond donors (Lipinski definition) is 1. The van der Waals surface area contributed by atoms with E-state index in [-0.39, 0.29) is 16.7 Å². The minimum atomic E-state index is -1.09. The molecule has 0 unspecified atom stereocenters. The van der Waals surface area contributed by atoms with Gasteiger partial charge in [0.05, 0.1) is 4.47 Å². The average molecular weight is 530 g/mol. The van der Waals surface area contributed by atoms with Crippen LogP contribution in [0.4, 0.5) is 0 Å². The molecular weight excluding hydrogens is 515 g/mol. The van der Waals surface area contributed by atoms with Gasteiger partial charge in [-0.15, -0.1) is 10.2 Å². The number of aromatic nitrogens is 2. The van der Waals surface area contributed by atoms with Crippen LogP contribution in [-0.2, 0) is 17.8 Å². The summed E-state index contributed by atoms with van der Waals surface area (Å²) in [5, 5.41) is 18.4. The summed E-state index contributed by atoms with van der Waals surface area (Å²) in [6.07, 6.45) is 2.10. The van der Waals surface area contributed by atoms with Gasteiger partial charge in [0.15, 0.2) is 0 Å². The van der Waals surface area contributed by atoms with Crippen molar-refractivity contribution < 1.29 is 19.1 Å². The van der Waals surface area contributed by atoms with E-state index >= 15 is 0 Å². The molecule has 156 valence electrons. The molecule has 0 saturated carbocycles. The first kappa shape index (κ1) is 22.7. The van der Waals surface area contributed by atoms with Gasteiger partial charge >= 0.3 is 5.97 Å². The Kier molecular flexibility index (Phi) is 7.82. The van der Waals surface area contributed by atoms with E-state index in [1.807, 2.05) is 6.92 Å². The van der Waals surface area contributed by atoms with E-state index in [4.69, 9.17) is 32.4 Å². The molecule has 1 heterocycles. The first-order chi connectivity index (χ1) is 14.4. The van der Waals surface area contributed by atoms with Crippen LogP contribution >= 0.6 is 50.9 Å². The molecule has 2 aromatic carbocycles. The number of rotatable bonds is 8. The van der Waals surface area contributed by atoms with Crippen molar-refractivity contribution in [3.8, 4) is 5.75 Å². The van der Waals surface area contributed by atoms with Crippen LogP contribution in [0.3, 0.4) is 0 Å². The molecule has 10 heteroatoms. The van der Waals surface area contributed by atoms with Crippen LogP contribution in [0.15, 0.2) is 55.4 Å². The lowest BCUT2D eigenvalue weighted by molar-refractivity contribution is -0.131. The van der Waals surface area contributed by atoms with Crippen molar-refractivity contribution in [3.05, 3.63) is 72.8 Å². The van der Waals surface area contributed by atoms with E-state index in [2.05, 4.69) is 26.1 Å². The van der Waals surface area contributed by atoms with Crippen LogP contribution in [-0.4, -0.2) is 21.3 Å². The van der Waals surface area contributed by atoms with E-state index in [0.717, 1.165) is 17.3 Å². The Balaban J connectivity index is 1.74. The summed E-state index contributed by atoms with van der Waals surface area (Å²) in [5.41, 5.74) is 1.46. The van der Waals surface area contributed by atoms with Crippen molar-refractivity contribution in [1.82, 2.24) is 10.2 Å². The molecule has 3 rings (SSSR count). The summed E-state index contributed by atoms with van der Waals surface area (Å²) in [5.74, 6) is -0.0514. The fourth-order valence-electron chi connectivity index (χ4n) is 2.32. The molecule has 0 saturated heterocycles. The maximum atomic E-state index is 11.6. The smallest absolute Gasteiger partial charge is 0.342 e. The van der Waals surface area contributed by atoms with E-state index in [1.165, 1.54) is 6.08 Å². The minimum absolute atomic E-state index is 0.0508. The molecule has 0 bridgehead atoms. The van der Waals surface area contributed by atoms with Gasteiger partial charge in [0, 0.05) is 22.0 Å². The van der Waals surface area contributed by atoms with Gasteiger partial charge in [0.25, 0.3) is 5.22 Å². The Bertz CT molecular complexity index is 1100. The van der Waals surface area contributed by atoms with Gasteiger partial charge in [-0.3, -0.25) is 0 Å². The number of carbonyl (C=O) groups is 1. The number of carboxylic acid groups (broad SMARTS) is 1. The molecule has 0 amide bonds. The molecule has 3 aromatic rings. The molecule has 0 aliphatic heterocycles. The van der Waals surface area contributed by atoms with E-state index in [1.54, 1.807) is 36.4 Å². The molecule has 30 heavy (non-hydrogen) atoms. The molecule has 0 spiro atoms. The van der Waals surface area contributed by atoms with Crippen LogP contribution in [0, 0.1) is 0 Å². The predicted octanol–water partition coefficient (Wildman–Crippen LogP) is 6.50. The molecule has 6 nitrogen and oxygen atoms in total. The molecule has 0 aliphatic rings. The lowest BCUT2D eigenvalue weighted by atomic mass is 10.2. The third kappa shape index (κ3) is 6.01. The number of hydrogen-bond acceptors (Lipinski definition) is 6. The van der Waals surface area contributed by atoms with Crippen LogP contribution in [0.2, 0.25) is 10.0 Å². The quantitative estimate of drug-likeness (QED) is 0.263. The van der Waals surface area contributed by atoms with Gasteiger partial charge in [0.1, 0.15) is 17.3 Å². The second kappa shape index (κ2) is 10.3. The van der Waals surface area contributed by atoms with Gasteiger partial charge in [0.2, 0.25) is 5.89 Å². The van der Waals surface area contributed by atoms with Crippen molar-refractivity contribution in [2.75, 3.05) is 0 Å². The number of aliphatic carboxylic acids is 1. The SMILES string of the molecule is CCc1nnc(S/C(=C\c2ccc(OCc3ccc(Cl)cc3Cl)c(Br)c2)C(=O)O)o1. The predicted molar refractivity (Wildman–Crippen MR) is 120 cm³/mol. The zero-order valence-corrected chi connectivity index (χ0v) is 19.5. The summed E-state index contributed by atoms with van der Waals surface area (Å²) in [6.45, 7) is 2.13. The molecule has 1 aromatic heterocycles. The van der Waals surface area contributed by atoms with Crippen LogP contribution in [0.5, 0.6) is 5.75 Å². The third-order valence-corrected chi connectivity index (χ3v) is 5.87. The highest BCUT2D eigenvalue weighted by Crippen LogP contribution is 2.32. The van der Waals surface area contributed by atoms with Gasteiger partial charge in [-0.25, -0.2) is 4.79 Å². The van der Waals surface area contributed by atoms with Crippen molar-refractivity contribution >= 4 is 62.9 Å². The highest BCUT2D eigenvalue weighted by Gasteiger charge is 2.15. The van der Waals surface area contributed by atoms with Crippen molar-refractivity contribution in [3.63, 3.8) is 0 Å². The number of nitrogens with zero attached hydrogens (tertiary/aromatic N) is 2. The molecular formula is C20H15BrCl2N2O4S. The van der Waals surface area contributed by atoms with E-state index < -0.39 is 5.97 Å². The number of ether oxygens (including phenoxy) is 1. The monoisotopic (exact) mass is 528 g/mol. The summed E-state index contributed by atoms with van der Waals surface area (Å²) in [7, 11) is 0. The second-order valence-electron chi connectivity index (χ2n) is 5.95. The van der Waals surface area contributed by atoms with Crippen LogP contribution < -0.4 is 4.74 Å². The first-order valence-electron chi connectivity index (χ1n) is 8.67. The standard InChI is InChI=1S/C20H15BrCl2N2O4S/c1-2-18-24-25-20(29-18)30-17(19(26)27)8-11-3-6-16(14(21)7-11)28-10-12-4-5-13(22)9-15(12)23/h3-9H,2,10H2,1H3,(H,26,27)/b17-8-. The Morgan fingerprint density at radius 3 is 2.70 bits per heavy atom. The van der Waals surface area contributed by atoms with Crippen molar-refractivity contribution in [1.29, 1.82) is 0 Å². The number of carboxylic acids is 1. The zero-order valence-electron chi connectivity index (χ0n) is 15.6. The first-order valence-corrected chi connectivity index (χ1v) is 11.0.